The number of amides is 2. The number of carbonyl (C=O) groups excluding carboxylic acids is 2. The lowest BCUT2D eigenvalue weighted by Gasteiger charge is -2.19. The molecule has 6 heteroatoms. The molecule has 4 nitrogen and oxygen atoms in total. The van der Waals surface area contributed by atoms with Gasteiger partial charge in [-0.2, -0.15) is 0 Å². The second kappa shape index (κ2) is 8.43. The van der Waals surface area contributed by atoms with E-state index >= 15 is 0 Å². The Morgan fingerprint density at radius 3 is 2.58 bits per heavy atom. The van der Waals surface area contributed by atoms with Gasteiger partial charge < -0.3 is 4.74 Å². The van der Waals surface area contributed by atoms with Gasteiger partial charge in [-0.05, 0) is 53.6 Å². The summed E-state index contributed by atoms with van der Waals surface area (Å²) in [6.07, 6.45) is 3.46. The molecular weight excluding hydrogens is 370 g/mol. The lowest BCUT2D eigenvalue weighted by molar-refractivity contribution is -0.115. The molecule has 26 heavy (non-hydrogen) atoms. The van der Waals surface area contributed by atoms with E-state index in [0.29, 0.717) is 21.2 Å². The molecule has 2 aromatic rings. The van der Waals surface area contributed by atoms with Crippen molar-refractivity contribution >= 4 is 40.6 Å². The van der Waals surface area contributed by atoms with Crippen LogP contribution in [-0.4, -0.2) is 11.1 Å². The van der Waals surface area contributed by atoms with Crippen molar-refractivity contribution in [2.24, 2.45) is 0 Å². The molecule has 1 aliphatic heterocycles. The number of halogens is 1. The van der Waals surface area contributed by atoms with Crippen molar-refractivity contribution in [3.05, 3.63) is 69.6 Å². The molecule has 1 N–H and O–H groups in total. The van der Waals surface area contributed by atoms with Gasteiger partial charge in [0, 0.05) is 0 Å². The molecule has 1 heterocycles. The summed E-state index contributed by atoms with van der Waals surface area (Å²) in [6, 6.07) is 15.4. The fourth-order valence-corrected chi connectivity index (χ4v) is 3.55. The minimum Gasteiger partial charge on any atom is -0.486 e. The standard InChI is InChI=1S/C20H18ClNO3S/c1-2-6-17(13-7-4-3-5-8-13)25-15-10-9-14(16(21)12-15)11-18-19(23)22-20(24)26-18/h3-5,7-12,17H,2,6H2,1H3,(H,22,23,24)/b18-11+. The Hall–Kier alpha value is -2.24. The normalized spacial score (nSPS) is 16.6. The van der Waals surface area contributed by atoms with E-state index in [1.54, 1.807) is 18.2 Å². The molecule has 2 amide bonds. The molecule has 2 aromatic carbocycles. The van der Waals surface area contributed by atoms with Gasteiger partial charge in [0.15, 0.2) is 0 Å². The van der Waals surface area contributed by atoms with E-state index in [0.717, 1.165) is 30.2 Å². The minimum absolute atomic E-state index is 0.0461. The largest absolute Gasteiger partial charge is 0.486 e. The summed E-state index contributed by atoms with van der Waals surface area (Å²) in [5, 5.41) is 2.32. The fraction of sp³-hybridized carbons (Fsp3) is 0.200. The second-order valence-corrected chi connectivity index (χ2v) is 7.26. The molecular formula is C20H18ClNO3S. The zero-order chi connectivity index (χ0) is 18.5. The number of carbonyl (C=O) groups is 2. The fourth-order valence-electron chi connectivity index (χ4n) is 2.65. The van der Waals surface area contributed by atoms with E-state index < -0.39 is 5.91 Å². The number of imide groups is 1. The van der Waals surface area contributed by atoms with Crippen LogP contribution in [0.3, 0.4) is 0 Å². The van der Waals surface area contributed by atoms with Gasteiger partial charge in [0.2, 0.25) is 0 Å². The van der Waals surface area contributed by atoms with Crippen LogP contribution in [0.15, 0.2) is 53.4 Å². The average molecular weight is 388 g/mol. The van der Waals surface area contributed by atoms with Gasteiger partial charge in [-0.1, -0.05) is 55.3 Å². The summed E-state index contributed by atoms with van der Waals surface area (Å²) in [7, 11) is 0. The highest BCUT2D eigenvalue weighted by Gasteiger charge is 2.25. The van der Waals surface area contributed by atoms with E-state index in [9.17, 15) is 9.59 Å². The molecule has 0 aromatic heterocycles. The third-order valence-electron chi connectivity index (χ3n) is 3.90. The lowest BCUT2D eigenvalue weighted by atomic mass is 10.1. The molecule has 0 aliphatic carbocycles. The van der Waals surface area contributed by atoms with E-state index in [-0.39, 0.29) is 11.3 Å². The molecule has 134 valence electrons. The highest BCUT2D eigenvalue weighted by Crippen LogP contribution is 2.32. The first-order chi connectivity index (χ1) is 12.6. The highest BCUT2D eigenvalue weighted by atomic mass is 35.5. The summed E-state index contributed by atoms with van der Waals surface area (Å²) >= 11 is 7.22. The van der Waals surface area contributed by atoms with E-state index in [2.05, 4.69) is 12.2 Å². The maximum atomic E-state index is 11.7. The van der Waals surface area contributed by atoms with Crippen LogP contribution in [0.1, 0.15) is 37.0 Å². The number of benzene rings is 2. The maximum Gasteiger partial charge on any atom is 0.290 e. The number of thioether (sulfide) groups is 1. The van der Waals surface area contributed by atoms with Crippen LogP contribution >= 0.6 is 23.4 Å². The molecule has 0 spiro atoms. The van der Waals surface area contributed by atoms with Gasteiger partial charge >= 0.3 is 0 Å². The van der Waals surface area contributed by atoms with Gasteiger partial charge in [0.1, 0.15) is 11.9 Å². The van der Waals surface area contributed by atoms with Crippen molar-refractivity contribution in [1.29, 1.82) is 0 Å². The molecule has 0 saturated carbocycles. The zero-order valence-electron chi connectivity index (χ0n) is 14.2. The minimum atomic E-state index is -0.400. The van der Waals surface area contributed by atoms with E-state index in [1.807, 2.05) is 36.4 Å². The van der Waals surface area contributed by atoms with E-state index in [1.165, 1.54) is 0 Å². The smallest absolute Gasteiger partial charge is 0.290 e. The topological polar surface area (TPSA) is 55.4 Å². The Labute approximate surface area is 161 Å². The quantitative estimate of drug-likeness (QED) is 0.657. The predicted octanol–water partition coefficient (Wildman–Crippen LogP) is 5.58. The average Bonchev–Trinajstić information content (AvgIpc) is 2.95. The molecule has 0 radical (unpaired) electrons. The number of rotatable bonds is 6. The lowest BCUT2D eigenvalue weighted by Crippen LogP contribution is -2.17. The van der Waals surface area contributed by atoms with Crippen molar-refractivity contribution in [3.8, 4) is 5.75 Å². The van der Waals surface area contributed by atoms with Crippen molar-refractivity contribution in [2.45, 2.75) is 25.9 Å². The zero-order valence-corrected chi connectivity index (χ0v) is 15.8. The van der Waals surface area contributed by atoms with Gasteiger partial charge in [0.25, 0.3) is 11.1 Å². The van der Waals surface area contributed by atoms with Gasteiger partial charge in [-0.25, -0.2) is 0 Å². The molecule has 1 unspecified atom stereocenters. The van der Waals surface area contributed by atoms with Crippen LogP contribution in [-0.2, 0) is 4.79 Å². The van der Waals surface area contributed by atoms with Crippen molar-refractivity contribution in [3.63, 3.8) is 0 Å². The second-order valence-electron chi connectivity index (χ2n) is 5.84. The van der Waals surface area contributed by atoms with E-state index in [4.69, 9.17) is 16.3 Å². The number of ether oxygens (including phenoxy) is 1. The predicted molar refractivity (Wildman–Crippen MR) is 105 cm³/mol. The maximum absolute atomic E-state index is 11.7. The molecule has 0 bridgehead atoms. The van der Waals surface area contributed by atoms with Crippen molar-refractivity contribution < 1.29 is 14.3 Å². The van der Waals surface area contributed by atoms with Crippen LogP contribution in [0.25, 0.3) is 6.08 Å². The molecule has 1 saturated heterocycles. The highest BCUT2D eigenvalue weighted by molar-refractivity contribution is 8.18. The molecule has 1 aliphatic rings. The van der Waals surface area contributed by atoms with Crippen LogP contribution < -0.4 is 10.1 Å². The van der Waals surface area contributed by atoms with Crippen LogP contribution in [0.5, 0.6) is 5.75 Å². The number of hydrogen-bond acceptors (Lipinski definition) is 4. The van der Waals surface area contributed by atoms with Crippen LogP contribution in [0.2, 0.25) is 5.02 Å². The Morgan fingerprint density at radius 2 is 1.96 bits per heavy atom. The number of hydrogen-bond donors (Lipinski definition) is 1. The van der Waals surface area contributed by atoms with Crippen LogP contribution in [0.4, 0.5) is 4.79 Å². The Balaban J connectivity index is 1.79. The molecule has 3 rings (SSSR count). The summed E-state index contributed by atoms with van der Waals surface area (Å²) in [6.45, 7) is 2.12. The van der Waals surface area contributed by atoms with Gasteiger partial charge in [0.05, 0.1) is 9.93 Å². The Kier molecular flexibility index (Phi) is 6.01. The van der Waals surface area contributed by atoms with Crippen molar-refractivity contribution in [1.82, 2.24) is 5.32 Å². The Morgan fingerprint density at radius 1 is 1.19 bits per heavy atom. The summed E-state index contributed by atoms with van der Waals surface area (Å²) in [5.41, 5.74) is 1.78. The molecule has 1 fully saturated rings. The first-order valence-electron chi connectivity index (χ1n) is 8.33. The first kappa shape index (κ1) is 18.5. The summed E-state index contributed by atoms with van der Waals surface area (Å²) < 4.78 is 6.14. The van der Waals surface area contributed by atoms with Crippen LogP contribution in [0, 0.1) is 0 Å². The summed E-state index contributed by atoms with van der Waals surface area (Å²) in [5.74, 6) is 0.266. The SMILES string of the molecule is CCCC(Oc1ccc(/C=C2/SC(=O)NC2=O)c(Cl)c1)c1ccccc1. The monoisotopic (exact) mass is 387 g/mol. The van der Waals surface area contributed by atoms with Gasteiger partial charge in [-0.15, -0.1) is 0 Å². The third kappa shape index (κ3) is 4.48. The first-order valence-corrected chi connectivity index (χ1v) is 9.52. The van der Waals surface area contributed by atoms with Crippen molar-refractivity contribution in [2.75, 3.05) is 0 Å². The third-order valence-corrected chi connectivity index (χ3v) is 5.04. The Bertz CT molecular complexity index is 851. The molecule has 1 atom stereocenters. The number of nitrogens with one attached hydrogen (secondary N) is 1. The van der Waals surface area contributed by atoms with Gasteiger partial charge in [-0.3, -0.25) is 14.9 Å². The summed E-state index contributed by atoms with van der Waals surface area (Å²) in [4.78, 5) is 23.2.